The minimum absolute atomic E-state index is 0.0174. The second kappa shape index (κ2) is 8.94. The highest BCUT2D eigenvalue weighted by molar-refractivity contribution is 7.92. The Morgan fingerprint density at radius 2 is 1.71 bits per heavy atom. The summed E-state index contributed by atoms with van der Waals surface area (Å²) in [5.74, 6) is 0.179. The molecule has 2 heterocycles. The van der Waals surface area contributed by atoms with Crippen molar-refractivity contribution in [1.82, 2.24) is 0 Å². The number of carboxylic acid groups (broad SMARTS) is 1. The van der Waals surface area contributed by atoms with Crippen molar-refractivity contribution in [3.8, 4) is 11.1 Å². The summed E-state index contributed by atoms with van der Waals surface area (Å²) in [4.78, 5) is 28.1. The van der Waals surface area contributed by atoms with E-state index in [1.54, 1.807) is 4.90 Å². The molecule has 0 fully saturated rings. The maximum atomic E-state index is 13.0. The van der Waals surface area contributed by atoms with Crippen LogP contribution in [-0.2, 0) is 21.2 Å². The van der Waals surface area contributed by atoms with Crippen molar-refractivity contribution in [2.24, 2.45) is 5.92 Å². The van der Waals surface area contributed by atoms with Crippen LogP contribution < -0.4 is 14.1 Å². The van der Waals surface area contributed by atoms with E-state index in [-0.39, 0.29) is 24.4 Å². The van der Waals surface area contributed by atoms with Crippen LogP contribution in [0.15, 0.2) is 36.4 Å². The highest BCUT2D eigenvalue weighted by Gasteiger charge is 2.35. The summed E-state index contributed by atoms with van der Waals surface area (Å²) in [7, 11) is -3.35. The number of nitrogens with zero attached hydrogens (tertiary/aromatic N) is 3. The molecule has 2 aromatic rings. The Morgan fingerprint density at radius 1 is 1.06 bits per heavy atom. The summed E-state index contributed by atoms with van der Waals surface area (Å²) < 4.78 is 25.8. The third kappa shape index (κ3) is 4.49. The first-order chi connectivity index (χ1) is 16.0. The average molecular weight is 486 g/mol. The fourth-order valence-electron chi connectivity index (χ4n) is 4.90. The minimum Gasteiger partial charge on any atom is -0.465 e. The van der Waals surface area contributed by atoms with Gasteiger partial charge < -0.3 is 10.0 Å². The van der Waals surface area contributed by atoms with Crippen LogP contribution in [0.3, 0.4) is 0 Å². The van der Waals surface area contributed by atoms with Gasteiger partial charge in [-0.25, -0.2) is 13.2 Å². The van der Waals surface area contributed by atoms with E-state index < -0.39 is 16.1 Å². The molecule has 2 amide bonds. The van der Waals surface area contributed by atoms with Gasteiger partial charge in [0.1, 0.15) is 0 Å². The van der Waals surface area contributed by atoms with Crippen molar-refractivity contribution in [1.29, 1.82) is 0 Å². The number of hydrogen-bond acceptors (Lipinski definition) is 4. The Kier molecular flexibility index (Phi) is 6.33. The van der Waals surface area contributed by atoms with Crippen LogP contribution in [0.5, 0.6) is 0 Å². The number of carbonyl (C=O) groups excluding carboxylic acids is 1. The highest BCUT2D eigenvalue weighted by atomic mass is 32.2. The van der Waals surface area contributed by atoms with E-state index in [0.717, 1.165) is 29.5 Å². The predicted molar refractivity (Wildman–Crippen MR) is 134 cm³/mol. The summed E-state index contributed by atoms with van der Waals surface area (Å²) in [5.41, 5.74) is 4.41. The summed E-state index contributed by atoms with van der Waals surface area (Å²) in [5, 5.41) is 9.86. The Hall–Kier alpha value is -3.07. The van der Waals surface area contributed by atoms with Crippen molar-refractivity contribution in [3.63, 3.8) is 0 Å². The second-order valence-electron chi connectivity index (χ2n) is 9.59. The Labute approximate surface area is 200 Å². The maximum Gasteiger partial charge on any atom is 0.411 e. The van der Waals surface area contributed by atoms with E-state index in [0.29, 0.717) is 30.0 Å². The van der Waals surface area contributed by atoms with Gasteiger partial charge in [-0.05, 0) is 66.6 Å². The lowest BCUT2D eigenvalue weighted by Gasteiger charge is -2.40. The minimum atomic E-state index is -3.35. The van der Waals surface area contributed by atoms with Crippen LogP contribution in [0.1, 0.15) is 39.2 Å². The third-order valence-electron chi connectivity index (χ3n) is 6.38. The third-order valence-corrected chi connectivity index (χ3v) is 7.56. The molecule has 1 atom stereocenters. The monoisotopic (exact) mass is 485 g/mol. The Morgan fingerprint density at radius 3 is 2.32 bits per heavy atom. The van der Waals surface area contributed by atoms with Gasteiger partial charge in [-0.15, -0.1) is 0 Å². The summed E-state index contributed by atoms with van der Waals surface area (Å²) >= 11 is 0. The number of amides is 2. The number of aryl methyl sites for hydroxylation is 1. The van der Waals surface area contributed by atoms with Crippen molar-refractivity contribution >= 4 is 39.1 Å². The van der Waals surface area contributed by atoms with Crippen molar-refractivity contribution < 1.29 is 23.1 Å². The van der Waals surface area contributed by atoms with Gasteiger partial charge in [0, 0.05) is 19.5 Å². The highest BCUT2D eigenvalue weighted by Crippen LogP contribution is 2.40. The molecule has 0 radical (unpaired) electrons. The molecular formula is C25H31N3O5S. The average Bonchev–Trinajstić information content (AvgIpc) is 2.76. The summed E-state index contributed by atoms with van der Waals surface area (Å²) in [6.45, 7) is 6.50. The lowest BCUT2D eigenvalue weighted by molar-refractivity contribution is -0.119. The number of benzene rings is 2. The molecule has 0 aliphatic carbocycles. The standard InChI is InChI=1S/C25H31N3O5S/c1-16(2)12-24(29)28-17(3)15-26(25(30)31)23-14-19(8-10-22(23)28)18-7-9-21-20(13-18)6-5-11-27(21)34(4,32)33/h7-10,13-14,16-17H,5-6,11-12,15H2,1-4H3,(H,30,31)/t17-/m0/s1. The van der Waals surface area contributed by atoms with E-state index in [1.165, 1.54) is 15.5 Å². The van der Waals surface area contributed by atoms with Gasteiger partial charge in [0.15, 0.2) is 0 Å². The molecule has 2 aliphatic heterocycles. The molecule has 0 bridgehead atoms. The molecule has 2 aromatic carbocycles. The number of hydrogen-bond donors (Lipinski definition) is 1. The largest absolute Gasteiger partial charge is 0.465 e. The quantitative estimate of drug-likeness (QED) is 0.695. The fraction of sp³-hybridized carbons (Fsp3) is 0.440. The van der Waals surface area contributed by atoms with Crippen LogP contribution in [0.4, 0.5) is 21.9 Å². The predicted octanol–water partition coefficient (Wildman–Crippen LogP) is 4.33. The van der Waals surface area contributed by atoms with Crippen molar-refractivity contribution in [2.45, 2.75) is 46.1 Å². The lowest BCUT2D eigenvalue weighted by atomic mass is 9.95. The molecule has 0 aromatic heterocycles. The molecule has 0 saturated carbocycles. The van der Waals surface area contributed by atoms with E-state index in [2.05, 4.69) is 0 Å². The van der Waals surface area contributed by atoms with Gasteiger partial charge in [-0.1, -0.05) is 26.0 Å². The van der Waals surface area contributed by atoms with Gasteiger partial charge in [0.25, 0.3) is 0 Å². The molecule has 0 unspecified atom stereocenters. The Bertz CT molecular complexity index is 1240. The van der Waals surface area contributed by atoms with Crippen LogP contribution in [0.25, 0.3) is 11.1 Å². The molecule has 1 N–H and O–H groups in total. The SMILES string of the molecule is CC(C)CC(=O)N1c2ccc(-c3ccc4c(c3)CCCN4S(C)(=O)=O)cc2N(C(=O)O)C[C@@H]1C. The normalized spacial score (nSPS) is 18.0. The molecule has 34 heavy (non-hydrogen) atoms. The molecule has 8 nitrogen and oxygen atoms in total. The first-order valence-corrected chi connectivity index (χ1v) is 13.4. The van der Waals surface area contributed by atoms with E-state index >= 15 is 0 Å². The van der Waals surface area contributed by atoms with E-state index in [9.17, 15) is 23.1 Å². The van der Waals surface area contributed by atoms with Crippen LogP contribution in [-0.4, -0.2) is 50.9 Å². The van der Waals surface area contributed by atoms with Crippen LogP contribution in [0, 0.1) is 5.92 Å². The molecule has 2 aliphatic rings. The first-order valence-electron chi connectivity index (χ1n) is 11.5. The van der Waals surface area contributed by atoms with Gasteiger partial charge in [-0.3, -0.25) is 14.0 Å². The van der Waals surface area contributed by atoms with Gasteiger partial charge >= 0.3 is 6.09 Å². The molecule has 4 rings (SSSR count). The van der Waals surface area contributed by atoms with Gasteiger partial charge in [0.2, 0.25) is 15.9 Å². The van der Waals surface area contributed by atoms with Crippen molar-refractivity contribution in [3.05, 3.63) is 42.0 Å². The second-order valence-corrected chi connectivity index (χ2v) is 11.5. The van der Waals surface area contributed by atoms with Gasteiger partial charge in [0.05, 0.1) is 29.4 Å². The number of fused-ring (bicyclic) bond motifs is 2. The van der Waals surface area contributed by atoms with Crippen LogP contribution >= 0.6 is 0 Å². The molecule has 0 spiro atoms. The zero-order chi connectivity index (χ0) is 24.8. The van der Waals surface area contributed by atoms with Crippen molar-refractivity contribution in [2.75, 3.05) is 33.5 Å². The van der Waals surface area contributed by atoms with E-state index in [4.69, 9.17) is 0 Å². The zero-order valence-corrected chi connectivity index (χ0v) is 20.8. The smallest absolute Gasteiger partial charge is 0.411 e. The van der Waals surface area contributed by atoms with E-state index in [1.807, 2.05) is 57.2 Å². The molecule has 9 heteroatoms. The number of rotatable bonds is 4. The zero-order valence-electron chi connectivity index (χ0n) is 20.0. The van der Waals surface area contributed by atoms with Crippen LogP contribution in [0.2, 0.25) is 0 Å². The number of carbonyl (C=O) groups is 2. The lowest BCUT2D eigenvalue weighted by Crippen LogP contribution is -2.51. The molecule has 0 saturated heterocycles. The summed E-state index contributed by atoms with van der Waals surface area (Å²) in [6, 6.07) is 10.9. The topological polar surface area (TPSA) is 98.2 Å². The fourth-order valence-corrected chi connectivity index (χ4v) is 5.90. The van der Waals surface area contributed by atoms with Gasteiger partial charge in [-0.2, -0.15) is 0 Å². The summed E-state index contributed by atoms with van der Waals surface area (Å²) in [6.07, 6.45) is 2.06. The first kappa shape index (κ1) is 24.1. The number of anilines is 3. The molecular weight excluding hydrogens is 454 g/mol. The maximum absolute atomic E-state index is 13.0. The molecule has 182 valence electrons. The Balaban J connectivity index is 1.77. The number of sulfonamides is 1.